The molecule has 0 saturated heterocycles. The van der Waals surface area contributed by atoms with Gasteiger partial charge >= 0.3 is 0 Å². The van der Waals surface area contributed by atoms with Gasteiger partial charge < -0.3 is 20.8 Å². The lowest BCUT2D eigenvalue weighted by Crippen LogP contribution is -2.18. The van der Waals surface area contributed by atoms with Crippen molar-refractivity contribution < 1.29 is 19.8 Å². The summed E-state index contributed by atoms with van der Waals surface area (Å²) >= 11 is 7.58. The number of rotatable bonds is 4. The van der Waals surface area contributed by atoms with Crippen LogP contribution in [0.4, 0.5) is 11.4 Å². The van der Waals surface area contributed by atoms with Crippen molar-refractivity contribution in [1.82, 2.24) is 0 Å². The van der Waals surface area contributed by atoms with Gasteiger partial charge in [0.05, 0.1) is 16.3 Å². The highest BCUT2D eigenvalue weighted by molar-refractivity contribution is 7.21. The molecular weight excluding hydrogens is 424 g/mol. The number of hydrogen-bond acceptors (Lipinski definition) is 5. The summed E-state index contributed by atoms with van der Waals surface area (Å²) in [7, 11) is 0. The monoisotopic (exact) mass is 438 g/mol. The van der Waals surface area contributed by atoms with Gasteiger partial charge in [-0.15, -0.1) is 11.3 Å². The molecule has 0 bridgehead atoms. The number of anilines is 2. The number of amides is 2. The second kappa shape index (κ2) is 8.06. The fourth-order valence-corrected chi connectivity index (χ4v) is 4.34. The first-order valence-electron chi connectivity index (χ1n) is 8.85. The van der Waals surface area contributed by atoms with E-state index >= 15 is 0 Å². The van der Waals surface area contributed by atoms with Crippen molar-refractivity contribution in [2.45, 2.75) is 0 Å². The summed E-state index contributed by atoms with van der Waals surface area (Å²) in [6, 6.07) is 18.3. The van der Waals surface area contributed by atoms with E-state index in [2.05, 4.69) is 10.6 Å². The average Bonchev–Trinajstić information content (AvgIpc) is 3.08. The molecular formula is C22H15ClN2O4S. The van der Waals surface area contributed by atoms with Crippen molar-refractivity contribution in [2.75, 3.05) is 10.6 Å². The molecule has 0 unspecified atom stereocenters. The molecule has 4 rings (SSSR count). The molecule has 8 heteroatoms. The third-order valence-electron chi connectivity index (χ3n) is 4.38. The molecule has 4 aromatic rings. The van der Waals surface area contributed by atoms with Crippen molar-refractivity contribution in [3.63, 3.8) is 0 Å². The van der Waals surface area contributed by atoms with E-state index in [1.807, 2.05) is 30.3 Å². The number of hydrogen-bond donors (Lipinski definition) is 4. The standard InChI is InChI=1S/C22H15ClN2O4S/c23-19-13-8-4-5-9-18(13)30-20(19)22(29)25-15-11-17(27)16(26)10-14(15)21(28)24-12-6-2-1-3-7-12/h1-11,26-27H,(H,24,28)(H,25,29). The number of thiophene rings is 1. The number of carbonyl (C=O) groups is 2. The molecule has 0 fully saturated rings. The highest BCUT2D eigenvalue weighted by Gasteiger charge is 2.21. The quantitative estimate of drug-likeness (QED) is 0.251. The number of aromatic hydroxyl groups is 2. The Hall–Kier alpha value is -3.55. The lowest BCUT2D eigenvalue weighted by Gasteiger charge is -2.13. The van der Waals surface area contributed by atoms with Crippen LogP contribution in [0.2, 0.25) is 5.02 Å². The lowest BCUT2D eigenvalue weighted by atomic mass is 10.1. The van der Waals surface area contributed by atoms with Crippen molar-refractivity contribution >= 4 is 56.2 Å². The molecule has 0 aliphatic heterocycles. The minimum atomic E-state index is -0.561. The zero-order valence-electron chi connectivity index (χ0n) is 15.3. The normalized spacial score (nSPS) is 10.7. The van der Waals surface area contributed by atoms with Crippen LogP contribution in [0.25, 0.3) is 10.1 Å². The van der Waals surface area contributed by atoms with Crippen LogP contribution < -0.4 is 10.6 Å². The van der Waals surface area contributed by atoms with Gasteiger partial charge in [0.15, 0.2) is 11.5 Å². The molecule has 2 amide bonds. The van der Waals surface area contributed by atoms with Gasteiger partial charge in [-0.1, -0.05) is 48.0 Å². The Morgan fingerprint density at radius 3 is 2.23 bits per heavy atom. The number of benzene rings is 3. The Morgan fingerprint density at radius 2 is 1.50 bits per heavy atom. The van der Waals surface area contributed by atoms with Crippen molar-refractivity contribution in [3.8, 4) is 11.5 Å². The van der Waals surface area contributed by atoms with Gasteiger partial charge in [0, 0.05) is 21.8 Å². The van der Waals surface area contributed by atoms with E-state index in [-0.39, 0.29) is 16.1 Å². The second-order valence-electron chi connectivity index (χ2n) is 6.40. The third-order valence-corrected chi connectivity index (χ3v) is 6.05. The van der Waals surface area contributed by atoms with E-state index in [1.54, 1.807) is 24.3 Å². The molecule has 0 radical (unpaired) electrons. The summed E-state index contributed by atoms with van der Waals surface area (Å²) < 4.78 is 0.850. The predicted molar refractivity (Wildman–Crippen MR) is 119 cm³/mol. The number of halogens is 1. The van der Waals surface area contributed by atoms with Gasteiger partial charge in [-0.25, -0.2) is 0 Å². The van der Waals surface area contributed by atoms with Crippen LogP contribution in [0, 0.1) is 0 Å². The van der Waals surface area contributed by atoms with Crippen LogP contribution in [0.3, 0.4) is 0 Å². The molecule has 0 saturated carbocycles. The minimum absolute atomic E-state index is 0.0141. The second-order valence-corrected chi connectivity index (χ2v) is 7.83. The van der Waals surface area contributed by atoms with Gasteiger partial charge in [-0.05, 0) is 24.3 Å². The molecule has 1 heterocycles. The van der Waals surface area contributed by atoms with E-state index in [9.17, 15) is 19.8 Å². The lowest BCUT2D eigenvalue weighted by molar-refractivity contribution is 0.102. The van der Waals surface area contributed by atoms with E-state index in [0.29, 0.717) is 10.7 Å². The Kier molecular flexibility index (Phi) is 5.31. The zero-order valence-corrected chi connectivity index (χ0v) is 16.9. The van der Waals surface area contributed by atoms with Crippen molar-refractivity contribution in [2.24, 2.45) is 0 Å². The summed E-state index contributed by atoms with van der Waals surface area (Å²) in [5.41, 5.74) is 0.567. The summed E-state index contributed by atoms with van der Waals surface area (Å²) in [5, 5.41) is 26.1. The number of para-hydroxylation sites is 1. The van der Waals surface area contributed by atoms with Crippen LogP contribution in [-0.2, 0) is 0 Å². The molecule has 0 aliphatic rings. The maximum Gasteiger partial charge on any atom is 0.267 e. The summed E-state index contributed by atoms with van der Waals surface area (Å²) in [4.78, 5) is 25.9. The van der Waals surface area contributed by atoms with E-state index in [4.69, 9.17) is 11.6 Å². The SMILES string of the molecule is O=C(Nc1ccccc1)c1cc(O)c(O)cc1NC(=O)c1sc2ccccc2c1Cl. The molecule has 150 valence electrons. The first kappa shape index (κ1) is 19.8. The topological polar surface area (TPSA) is 98.7 Å². The maximum absolute atomic E-state index is 12.9. The predicted octanol–water partition coefficient (Wildman–Crippen LogP) is 5.47. The van der Waals surface area contributed by atoms with Gasteiger partial charge in [-0.2, -0.15) is 0 Å². The van der Waals surface area contributed by atoms with Gasteiger partial charge in [0.1, 0.15) is 4.88 Å². The highest BCUT2D eigenvalue weighted by atomic mass is 35.5. The van der Waals surface area contributed by atoms with Gasteiger partial charge in [0.2, 0.25) is 0 Å². The summed E-state index contributed by atoms with van der Waals surface area (Å²) in [6.07, 6.45) is 0. The van der Waals surface area contributed by atoms with Crippen LogP contribution in [0.1, 0.15) is 20.0 Å². The summed E-state index contributed by atoms with van der Waals surface area (Å²) in [5.74, 6) is -2.04. The van der Waals surface area contributed by atoms with Crippen molar-refractivity contribution in [1.29, 1.82) is 0 Å². The Morgan fingerprint density at radius 1 is 0.833 bits per heavy atom. The first-order chi connectivity index (χ1) is 14.4. The number of nitrogens with one attached hydrogen (secondary N) is 2. The smallest absolute Gasteiger partial charge is 0.267 e. The third kappa shape index (κ3) is 3.80. The maximum atomic E-state index is 12.9. The van der Waals surface area contributed by atoms with E-state index in [1.165, 1.54) is 11.3 Å². The number of fused-ring (bicyclic) bond motifs is 1. The number of phenolic OH excluding ortho intramolecular Hbond substituents is 2. The fraction of sp³-hybridized carbons (Fsp3) is 0. The van der Waals surface area contributed by atoms with E-state index in [0.717, 1.165) is 22.2 Å². The van der Waals surface area contributed by atoms with Gasteiger partial charge in [-0.3, -0.25) is 9.59 Å². The largest absolute Gasteiger partial charge is 0.504 e. The Balaban J connectivity index is 1.67. The molecule has 4 N–H and O–H groups in total. The van der Waals surface area contributed by atoms with Crippen LogP contribution >= 0.6 is 22.9 Å². The zero-order chi connectivity index (χ0) is 21.3. The molecule has 0 spiro atoms. The Bertz CT molecular complexity index is 1270. The fourth-order valence-electron chi connectivity index (χ4n) is 2.93. The number of phenols is 2. The molecule has 0 atom stereocenters. The Labute approximate surface area is 180 Å². The van der Waals surface area contributed by atoms with Crippen molar-refractivity contribution in [3.05, 3.63) is 82.2 Å². The van der Waals surface area contributed by atoms with Crippen LogP contribution in [-0.4, -0.2) is 22.0 Å². The summed E-state index contributed by atoms with van der Waals surface area (Å²) in [6.45, 7) is 0. The van der Waals surface area contributed by atoms with Crippen LogP contribution in [0.5, 0.6) is 11.5 Å². The van der Waals surface area contributed by atoms with E-state index < -0.39 is 23.3 Å². The molecule has 1 aromatic heterocycles. The highest BCUT2D eigenvalue weighted by Crippen LogP contribution is 2.37. The molecule has 6 nitrogen and oxygen atoms in total. The first-order valence-corrected chi connectivity index (χ1v) is 10.0. The molecule has 0 aliphatic carbocycles. The van der Waals surface area contributed by atoms with Crippen LogP contribution in [0.15, 0.2) is 66.7 Å². The average molecular weight is 439 g/mol. The molecule has 30 heavy (non-hydrogen) atoms. The molecule has 3 aromatic carbocycles. The number of carbonyl (C=O) groups excluding carboxylic acids is 2. The minimum Gasteiger partial charge on any atom is -0.504 e. The van der Waals surface area contributed by atoms with Gasteiger partial charge in [0.25, 0.3) is 11.8 Å².